The molecule has 0 aliphatic heterocycles. The standard InChI is InChI=1S/C15H21ClF2N2/c1-19-15(11-6-2-3-7-12(11)16)9-5-4-8-13(15)20-10-14(17)18/h2-3,6-7,13-14,19-20H,4-5,8-10H2,1H3/t13-,15+/m0/s1. The highest BCUT2D eigenvalue weighted by atomic mass is 35.5. The number of alkyl halides is 2. The molecule has 5 heteroatoms. The molecule has 1 aliphatic rings. The maximum Gasteiger partial charge on any atom is 0.250 e. The van der Waals surface area contributed by atoms with Crippen molar-refractivity contribution in [1.82, 2.24) is 10.6 Å². The minimum atomic E-state index is -2.34. The van der Waals surface area contributed by atoms with E-state index in [1.165, 1.54) is 0 Å². The summed E-state index contributed by atoms with van der Waals surface area (Å²) in [6.07, 6.45) is 1.55. The van der Waals surface area contributed by atoms with E-state index in [1.807, 2.05) is 31.3 Å². The van der Waals surface area contributed by atoms with Crippen LogP contribution in [0.5, 0.6) is 0 Å². The van der Waals surface area contributed by atoms with Crippen LogP contribution in [-0.4, -0.2) is 26.1 Å². The minimum absolute atomic E-state index is 0.0323. The van der Waals surface area contributed by atoms with Crippen LogP contribution >= 0.6 is 11.6 Å². The van der Waals surface area contributed by atoms with E-state index < -0.39 is 6.43 Å². The normalized spacial score (nSPS) is 26.9. The molecule has 1 aromatic carbocycles. The van der Waals surface area contributed by atoms with Crippen LogP contribution in [0.15, 0.2) is 24.3 Å². The van der Waals surface area contributed by atoms with Crippen LogP contribution in [-0.2, 0) is 5.54 Å². The highest BCUT2D eigenvalue weighted by Crippen LogP contribution is 2.40. The van der Waals surface area contributed by atoms with Crippen LogP contribution in [0.2, 0.25) is 5.02 Å². The molecule has 0 radical (unpaired) electrons. The summed E-state index contributed by atoms with van der Waals surface area (Å²) in [6.45, 7) is -0.279. The topological polar surface area (TPSA) is 24.1 Å². The Balaban J connectivity index is 2.31. The van der Waals surface area contributed by atoms with E-state index in [-0.39, 0.29) is 18.1 Å². The molecule has 20 heavy (non-hydrogen) atoms. The lowest BCUT2D eigenvalue weighted by Gasteiger charge is -2.45. The van der Waals surface area contributed by atoms with Crippen LogP contribution in [0.4, 0.5) is 8.78 Å². The van der Waals surface area contributed by atoms with Crippen LogP contribution in [0.1, 0.15) is 31.2 Å². The SMILES string of the molecule is CN[C@@]1(c2ccccc2Cl)CCCC[C@@H]1NCC(F)F. The van der Waals surface area contributed by atoms with Gasteiger partial charge < -0.3 is 10.6 Å². The van der Waals surface area contributed by atoms with Gasteiger partial charge in [0.05, 0.1) is 12.1 Å². The lowest BCUT2D eigenvalue weighted by atomic mass is 9.72. The number of likely N-dealkylation sites (N-methyl/N-ethyl adjacent to an activating group) is 1. The Kier molecular flexibility index (Phi) is 5.35. The van der Waals surface area contributed by atoms with Gasteiger partial charge in [-0.2, -0.15) is 0 Å². The summed E-state index contributed by atoms with van der Waals surface area (Å²) in [4.78, 5) is 0. The summed E-state index contributed by atoms with van der Waals surface area (Å²) in [7, 11) is 1.88. The van der Waals surface area contributed by atoms with Gasteiger partial charge >= 0.3 is 0 Å². The molecular weight excluding hydrogens is 282 g/mol. The van der Waals surface area contributed by atoms with Gasteiger partial charge in [0.25, 0.3) is 6.43 Å². The van der Waals surface area contributed by atoms with Crippen LogP contribution < -0.4 is 10.6 Å². The molecule has 2 rings (SSSR count). The number of rotatable bonds is 5. The van der Waals surface area contributed by atoms with Gasteiger partial charge in [0.1, 0.15) is 0 Å². The number of hydrogen-bond donors (Lipinski definition) is 2. The van der Waals surface area contributed by atoms with Gasteiger partial charge in [-0.15, -0.1) is 0 Å². The van der Waals surface area contributed by atoms with Crippen molar-refractivity contribution < 1.29 is 8.78 Å². The van der Waals surface area contributed by atoms with Gasteiger partial charge in [0.2, 0.25) is 0 Å². The second-order valence-electron chi connectivity index (χ2n) is 5.30. The Labute approximate surface area is 123 Å². The van der Waals surface area contributed by atoms with Crippen molar-refractivity contribution in [2.24, 2.45) is 0 Å². The molecule has 2 N–H and O–H groups in total. The fraction of sp³-hybridized carbons (Fsp3) is 0.600. The molecule has 0 amide bonds. The third-order valence-electron chi connectivity index (χ3n) is 4.23. The first kappa shape index (κ1) is 15.7. The third kappa shape index (κ3) is 3.13. The second kappa shape index (κ2) is 6.83. The average molecular weight is 303 g/mol. The molecule has 0 saturated heterocycles. The van der Waals surface area contributed by atoms with E-state index >= 15 is 0 Å². The molecule has 2 atom stereocenters. The zero-order valence-corrected chi connectivity index (χ0v) is 12.4. The first-order chi connectivity index (χ1) is 9.60. The van der Waals surface area contributed by atoms with Crippen molar-refractivity contribution in [3.8, 4) is 0 Å². The molecule has 1 saturated carbocycles. The lowest BCUT2D eigenvalue weighted by Crippen LogP contribution is -2.58. The van der Waals surface area contributed by atoms with Gasteiger partial charge in [0.15, 0.2) is 0 Å². The molecule has 0 bridgehead atoms. The summed E-state index contributed by atoms with van der Waals surface area (Å²) in [5.74, 6) is 0. The van der Waals surface area contributed by atoms with E-state index in [0.29, 0.717) is 5.02 Å². The van der Waals surface area contributed by atoms with Crippen LogP contribution in [0.25, 0.3) is 0 Å². The predicted molar refractivity (Wildman–Crippen MR) is 78.5 cm³/mol. The molecule has 1 aliphatic carbocycles. The van der Waals surface area contributed by atoms with E-state index in [1.54, 1.807) is 0 Å². The zero-order valence-electron chi connectivity index (χ0n) is 11.6. The quantitative estimate of drug-likeness (QED) is 0.869. The van der Waals surface area contributed by atoms with Crippen molar-refractivity contribution in [3.05, 3.63) is 34.9 Å². The molecule has 1 aromatic rings. The van der Waals surface area contributed by atoms with Crippen LogP contribution in [0.3, 0.4) is 0 Å². The average Bonchev–Trinajstić information content (AvgIpc) is 2.46. The van der Waals surface area contributed by atoms with Gasteiger partial charge in [-0.25, -0.2) is 8.78 Å². The largest absolute Gasteiger partial charge is 0.309 e. The van der Waals surface area contributed by atoms with Crippen LogP contribution in [0, 0.1) is 0 Å². The predicted octanol–water partition coefficient (Wildman–Crippen LogP) is 3.55. The van der Waals surface area contributed by atoms with E-state index in [2.05, 4.69) is 10.6 Å². The molecule has 112 valence electrons. The summed E-state index contributed by atoms with van der Waals surface area (Å²) in [6, 6.07) is 7.64. The molecule has 0 spiro atoms. The Morgan fingerprint density at radius 1 is 1.35 bits per heavy atom. The Hall–Kier alpha value is -0.710. The maximum absolute atomic E-state index is 12.5. The Morgan fingerprint density at radius 3 is 2.75 bits per heavy atom. The minimum Gasteiger partial charge on any atom is -0.309 e. The summed E-state index contributed by atoms with van der Waals surface area (Å²) < 4.78 is 25.0. The monoisotopic (exact) mass is 302 g/mol. The Morgan fingerprint density at radius 2 is 2.10 bits per heavy atom. The first-order valence-electron chi connectivity index (χ1n) is 7.05. The van der Waals surface area contributed by atoms with Crippen molar-refractivity contribution >= 4 is 11.6 Å². The van der Waals surface area contributed by atoms with Gasteiger partial charge in [-0.3, -0.25) is 0 Å². The van der Waals surface area contributed by atoms with E-state index in [0.717, 1.165) is 31.2 Å². The molecule has 0 unspecified atom stereocenters. The summed E-state index contributed by atoms with van der Waals surface area (Å²) in [5.41, 5.74) is 0.626. The lowest BCUT2D eigenvalue weighted by molar-refractivity contribution is 0.114. The molecule has 1 fully saturated rings. The molecule has 0 aromatic heterocycles. The highest BCUT2D eigenvalue weighted by Gasteiger charge is 2.42. The Bertz CT molecular complexity index is 442. The molecule has 2 nitrogen and oxygen atoms in total. The second-order valence-corrected chi connectivity index (χ2v) is 5.71. The molecule has 0 heterocycles. The number of benzene rings is 1. The van der Waals surface area contributed by atoms with Crippen molar-refractivity contribution in [2.45, 2.75) is 43.7 Å². The fourth-order valence-electron chi connectivity index (χ4n) is 3.26. The first-order valence-corrected chi connectivity index (χ1v) is 7.43. The smallest absolute Gasteiger partial charge is 0.250 e. The summed E-state index contributed by atoms with van der Waals surface area (Å²) in [5, 5.41) is 7.06. The molecular formula is C15H21ClF2N2. The number of halogens is 3. The fourth-order valence-corrected chi connectivity index (χ4v) is 3.56. The van der Waals surface area contributed by atoms with Crippen molar-refractivity contribution in [3.63, 3.8) is 0 Å². The van der Waals surface area contributed by atoms with Crippen molar-refractivity contribution in [1.29, 1.82) is 0 Å². The van der Waals surface area contributed by atoms with Gasteiger partial charge in [0, 0.05) is 11.1 Å². The number of hydrogen-bond acceptors (Lipinski definition) is 2. The van der Waals surface area contributed by atoms with Crippen molar-refractivity contribution in [2.75, 3.05) is 13.6 Å². The van der Waals surface area contributed by atoms with Gasteiger partial charge in [-0.05, 0) is 31.5 Å². The van der Waals surface area contributed by atoms with Gasteiger partial charge in [-0.1, -0.05) is 42.6 Å². The third-order valence-corrected chi connectivity index (χ3v) is 4.56. The highest BCUT2D eigenvalue weighted by molar-refractivity contribution is 6.31. The zero-order chi connectivity index (χ0) is 14.6. The van der Waals surface area contributed by atoms with E-state index in [9.17, 15) is 8.78 Å². The summed E-state index contributed by atoms with van der Waals surface area (Å²) >= 11 is 6.34. The number of nitrogens with one attached hydrogen (secondary N) is 2. The van der Waals surface area contributed by atoms with E-state index in [4.69, 9.17) is 11.6 Å². The maximum atomic E-state index is 12.5.